The third-order valence-electron chi connectivity index (χ3n) is 5.97. The molecule has 2 aromatic rings. The van der Waals surface area contributed by atoms with Crippen molar-refractivity contribution in [3.63, 3.8) is 0 Å². The summed E-state index contributed by atoms with van der Waals surface area (Å²) in [5.41, 5.74) is 0.0451. The van der Waals surface area contributed by atoms with Crippen LogP contribution in [0.1, 0.15) is 54.6 Å². The zero-order valence-corrected chi connectivity index (χ0v) is 16.3. The summed E-state index contributed by atoms with van der Waals surface area (Å²) in [7, 11) is 0. The fourth-order valence-corrected chi connectivity index (χ4v) is 4.59. The molecule has 154 valence electrons. The van der Waals surface area contributed by atoms with Crippen LogP contribution >= 0.6 is 0 Å². The van der Waals surface area contributed by atoms with Crippen LogP contribution in [0.4, 0.5) is 8.78 Å². The Balaban J connectivity index is 1.70. The van der Waals surface area contributed by atoms with Crippen LogP contribution in [0.3, 0.4) is 0 Å². The summed E-state index contributed by atoms with van der Waals surface area (Å²) >= 11 is 0. The lowest BCUT2D eigenvalue weighted by Gasteiger charge is -2.34. The summed E-state index contributed by atoms with van der Waals surface area (Å²) in [5.74, 6) is -2.06. The lowest BCUT2D eigenvalue weighted by molar-refractivity contribution is -0.122. The number of aryl methyl sites for hydroxylation is 1. The predicted molar refractivity (Wildman–Crippen MR) is 102 cm³/mol. The molecule has 2 atom stereocenters. The molecule has 2 saturated heterocycles. The van der Waals surface area contributed by atoms with Crippen LogP contribution in [-0.2, 0) is 11.3 Å². The van der Waals surface area contributed by atoms with Crippen molar-refractivity contribution >= 4 is 11.8 Å². The van der Waals surface area contributed by atoms with Gasteiger partial charge in [0.2, 0.25) is 5.91 Å². The van der Waals surface area contributed by atoms with Gasteiger partial charge in [-0.15, -0.1) is 0 Å². The van der Waals surface area contributed by atoms with Crippen molar-refractivity contribution < 1.29 is 18.4 Å². The first-order valence-electron chi connectivity index (χ1n) is 10.00. The van der Waals surface area contributed by atoms with E-state index in [-0.39, 0.29) is 18.4 Å². The van der Waals surface area contributed by atoms with E-state index in [1.807, 2.05) is 6.92 Å². The maximum Gasteiger partial charge on any atom is 0.274 e. The molecule has 3 heterocycles. The molecule has 2 amide bonds. The smallest absolute Gasteiger partial charge is 0.274 e. The second kappa shape index (κ2) is 7.57. The van der Waals surface area contributed by atoms with Gasteiger partial charge < -0.3 is 10.2 Å². The molecule has 1 aromatic heterocycles. The van der Waals surface area contributed by atoms with E-state index >= 15 is 0 Å². The van der Waals surface area contributed by atoms with E-state index in [4.69, 9.17) is 0 Å². The van der Waals surface area contributed by atoms with Crippen LogP contribution in [0.5, 0.6) is 0 Å². The highest BCUT2D eigenvalue weighted by Crippen LogP contribution is 2.41. The minimum atomic E-state index is -0.739. The van der Waals surface area contributed by atoms with Gasteiger partial charge in [0.15, 0.2) is 0 Å². The van der Waals surface area contributed by atoms with Crippen LogP contribution in [0.25, 0.3) is 0 Å². The highest BCUT2D eigenvalue weighted by molar-refractivity contribution is 5.92. The van der Waals surface area contributed by atoms with Gasteiger partial charge in [-0.1, -0.05) is 6.42 Å². The van der Waals surface area contributed by atoms with Gasteiger partial charge in [0, 0.05) is 44.2 Å². The van der Waals surface area contributed by atoms with Crippen LogP contribution < -0.4 is 5.32 Å². The van der Waals surface area contributed by atoms with Gasteiger partial charge in [0.05, 0.1) is 5.54 Å². The number of nitrogens with one attached hydrogen (secondary N) is 1. The minimum absolute atomic E-state index is 0.0889. The Bertz CT molecular complexity index is 924. The lowest BCUT2D eigenvalue weighted by Crippen LogP contribution is -2.52. The normalized spacial score (nSPS) is 24.6. The summed E-state index contributed by atoms with van der Waals surface area (Å²) < 4.78 is 29.5. The zero-order chi connectivity index (χ0) is 20.6. The fraction of sp³-hybridized carbons (Fsp3) is 0.476. The number of amides is 2. The van der Waals surface area contributed by atoms with Crippen molar-refractivity contribution in [1.82, 2.24) is 20.0 Å². The van der Waals surface area contributed by atoms with Crippen LogP contribution in [0, 0.1) is 11.6 Å². The summed E-state index contributed by atoms with van der Waals surface area (Å²) in [4.78, 5) is 27.1. The van der Waals surface area contributed by atoms with Gasteiger partial charge >= 0.3 is 0 Å². The first-order valence-corrected chi connectivity index (χ1v) is 10.00. The Morgan fingerprint density at radius 3 is 2.72 bits per heavy atom. The Morgan fingerprint density at radius 1 is 1.28 bits per heavy atom. The SMILES string of the molecule is CCn1ccc(C(=O)N2C[C@@H](c3cc(F)cc(F)c3)[C@@]3(CCCCC(=O)N3)C2)n1. The van der Waals surface area contributed by atoms with E-state index in [1.54, 1.807) is 21.8 Å². The summed E-state index contributed by atoms with van der Waals surface area (Å²) in [6, 6.07) is 5.09. The van der Waals surface area contributed by atoms with Crippen molar-refractivity contribution in [2.45, 2.75) is 50.6 Å². The maximum atomic E-state index is 13.9. The first kappa shape index (κ1) is 19.5. The standard InChI is InChI=1S/C21H24F2N4O2/c1-2-27-8-6-18(25-27)20(29)26-12-17(14-9-15(22)11-16(23)10-14)21(13-26)7-4-3-5-19(28)24-21/h6,8-11,17H,2-5,7,12-13H2,1H3,(H,24,28)/t17-,21+/m0/s1. The molecule has 2 fully saturated rings. The van der Waals surface area contributed by atoms with Crippen molar-refractivity contribution in [2.75, 3.05) is 13.1 Å². The number of hydrogen-bond acceptors (Lipinski definition) is 3. The summed E-state index contributed by atoms with van der Waals surface area (Å²) in [6.45, 7) is 3.14. The fourth-order valence-electron chi connectivity index (χ4n) is 4.59. The summed E-state index contributed by atoms with van der Waals surface area (Å²) in [6.07, 6.45) is 4.37. The molecule has 2 aliphatic heterocycles. The molecule has 8 heteroatoms. The minimum Gasteiger partial charge on any atom is -0.348 e. The number of carbonyl (C=O) groups is 2. The monoisotopic (exact) mass is 402 g/mol. The molecule has 0 saturated carbocycles. The van der Waals surface area contributed by atoms with Gasteiger partial charge in [-0.25, -0.2) is 8.78 Å². The zero-order valence-electron chi connectivity index (χ0n) is 16.3. The number of carbonyl (C=O) groups excluding carboxylic acids is 2. The Morgan fingerprint density at radius 2 is 2.03 bits per heavy atom. The first-order chi connectivity index (χ1) is 13.9. The molecule has 29 heavy (non-hydrogen) atoms. The van der Waals surface area contributed by atoms with Crippen LogP contribution in [0.2, 0.25) is 0 Å². The number of hydrogen-bond donors (Lipinski definition) is 1. The second-order valence-corrected chi connectivity index (χ2v) is 7.91. The number of aromatic nitrogens is 2. The predicted octanol–water partition coefficient (Wildman–Crippen LogP) is 2.85. The van der Waals surface area contributed by atoms with Crippen molar-refractivity contribution in [1.29, 1.82) is 0 Å². The highest BCUT2D eigenvalue weighted by Gasteiger charge is 2.50. The average molecular weight is 402 g/mol. The highest BCUT2D eigenvalue weighted by atomic mass is 19.1. The van der Waals surface area contributed by atoms with E-state index in [9.17, 15) is 18.4 Å². The molecule has 1 N–H and O–H groups in total. The van der Waals surface area contributed by atoms with Gasteiger partial charge in [0.1, 0.15) is 17.3 Å². The van der Waals surface area contributed by atoms with Gasteiger partial charge in [-0.2, -0.15) is 5.10 Å². The molecule has 0 bridgehead atoms. The largest absolute Gasteiger partial charge is 0.348 e. The number of likely N-dealkylation sites (tertiary alicyclic amines) is 1. The van der Waals surface area contributed by atoms with Crippen molar-refractivity contribution in [3.8, 4) is 0 Å². The summed E-state index contributed by atoms with van der Waals surface area (Å²) in [5, 5.41) is 7.38. The molecule has 0 unspecified atom stereocenters. The van der Waals surface area contributed by atoms with Gasteiger partial charge in [-0.3, -0.25) is 14.3 Å². The number of halogens is 2. The Kier molecular flexibility index (Phi) is 5.10. The molecule has 4 rings (SSSR count). The van der Waals surface area contributed by atoms with Crippen LogP contribution in [0.15, 0.2) is 30.5 Å². The third kappa shape index (κ3) is 3.75. The number of benzene rings is 1. The lowest BCUT2D eigenvalue weighted by atomic mass is 9.79. The second-order valence-electron chi connectivity index (χ2n) is 7.91. The topological polar surface area (TPSA) is 67.2 Å². The average Bonchev–Trinajstić information content (AvgIpc) is 3.24. The third-order valence-corrected chi connectivity index (χ3v) is 5.97. The molecule has 1 spiro atoms. The Hall–Kier alpha value is -2.77. The molecule has 6 nitrogen and oxygen atoms in total. The number of nitrogens with zero attached hydrogens (tertiary/aromatic N) is 3. The van der Waals surface area contributed by atoms with Crippen LogP contribution in [-0.4, -0.2) is 45.1 Å². The quantitative estimate of drug-likeness (QED) is 0.859. The van der Waals surface area contributed by atoms with E-state index in [2.05, 4.69) is 10.4 Å². The van der Waals surface area contributed by atoms with E-state index in [0.29, 0.717) is 37.2 Å². The van der Waals surface area contributed by atoms with Crippen molar-refractivity contribution in [3.05, 3.63) is 53.4 Å². The maximum absolute atomic E-state index is 13.9. The Labute approximate surface area is 167 Å². The molecule has 2 aliphatic rings. The molecule has 0 radical (unpaired) electrons. The van der Waals surface area contributed by atoms with E-state index < -0.39 is 23.1 Å². The van der Waals surface area contributed by atoms with Gasteiger partial charge in [0.25, 0.3) is 5.91 Å². The molecule has 1 aromatic carbocycles. The van der Waals surface area contributed by atoms with Crippen molar-refractivity contribution in [2.24, 2.45) is 0 Å². The molecular weight excluding hydrogens is 378 g/mol. The van der Waals surface area contributed by atoms with E-state index in [1.165, 1.54) is 12.1 Å². The molecular formula is C21H24F2N4O2. The van der Waals surface area contributed by atoms with E-state index in [0.717, 1.165) is 18.9 Å². The number of rotatable bonds is 3. The molecule has 0 aliphatic carbocycles. The van der Waals surface area contributed by atoms with Gasteiger partial charge in [-0.05, 0) is 43.5 Å².